The third kappa shape index (κ3) is 4.06. The van der Waals surface area contributed by atoms with E-state index in [0.29, 0.717) is 22.9 Å². The molecule has 1 unspecified atom stereocenters. The van der Waals surface area contributed by atoms with E-state index < -0.39 is 12.3 Å². The van der Waals surface area contributed by atoms with Crippen molar-refractivity contribution >= 4 is 28.5 Å². The summed E-state index contributed by atoms with van der Waals surface area (Å²) in [5.41, 5.74) is 0.610. The molecule has 1 heterocycles. The van der Waals surface area contributed by atoms with Crippen LogP contribution in [0.4, 0.5) is 0 Å². The molecule has 0 spiro atoms. The first-order valence-corrected chi connectivity index (χ1v) is 6.94. The Hall–Kier alpha value is -1.85. The van der Waals surface area contributed by atoms with Crippen LogP contribution in [0.1, 0.15) is 13.8 Å². The lowest BCUT2D eigenvalue weighted by Crippen LogP contribution is -2.28. The molecule has 2 rings (SSSR count). The number of rotatable bonds is 6. The minimum Gasteiger partial charge on any atom is -0.450 e. The van der Waals surface area contributed by atoms with Crippen LogP contribution in [0.3, 0.4) is 0 Å². The Labute approximate surface area is 127 Å². The molecule has 0 saturated heterocycles. The van der Waals surface area contributed by atoms with Crippen molar-refractivity contribution < 1.29 is 19.0 Å². The molecular formula is C15H16ClNO4. The van der Waals surface area contributed by atoms with Crippen molar-refractivity contribution in [2.24, 2.45) is 0 Å². The molecule has 1 aromatic heterocycles. The SMILES string of the molecule is CCOCC(OC(C)=O)Oc1ccc(Cl)c2cccnc12. The first-order chi connectivity index (χ1) is 10.1. The fraction of sp³-hybridized carbons (Fsp3) is 0.333. The molecule has 0 amide bonds. The normalized spacial score (nSPS) is 12.1. The van der Waals surface area contributed by atoms with Crippen molar-refractivity contribution in [3.05, 3.63) is 35.5 Å². The third-order valence-electron chi connectivity index (χ3n) is 2.69. The number of aromatic nitrogens is 1. The Kier molecular flexibility index (Phi) is 5.36. The van der Waals surface area contributed by atoms with Gasteiger partial charge in [0.2, 0.25) is 0 Å². The van der Waals surface area contributed by atoms with E-state index in [1.807, 2.05) is 13.0 Å². The van der Waals surface area contributed by atoms with Crippen LogP contribution in [0.2, 0.25) is 5.02 Å². The number of ether oxygens (including phenoxy) is 3. The summed E-state index contributed by atoms with van der Waals surface area (Å²) in [6.45, 7) is 3.82. The smallest absolute Gasteiger partial charge is 0.305 e. The number of hydrogen-bond donors (Lipinski definition) is 0. The molecule has 1 aromatic carbocycles. The molecule has 1 atom stereocenters. The van der Waals surface area contributed by atoms with Crippen molar-refractivity contribution in [3.63, 3.8) is 0 Å². The summed E-state index contributed by atoms with van der Waals surface area (Å²) in [5, 5.41) is 1.36. The van der Waals surface area contributed by atoms with E-state index in [1.54, 1.807) is 24.4 Å². The second-order valence-corrected chi connectivity index (χ2v) is 4.67. The van der Waals surface area contributed by atoms with E-state index in [0.717, 1.165) is 5.39 Å². The van der Waals surface area contributed by atoms with E-state index >= 15 is 0 Å². The molecule has 5 nitrogen and oxygen atoms in total. The van der Waals surface area contributed by atoms with Gasteiger partial charge in [0.05, 0.1) is 5.02 Å². The number of benzene rings is 1. The molecule has 2 aromatic rings. The zero-order valence-electron chi connectivity index (χ0n) is 11.8. The summed E-state index contributed by atoms with van der Waals surface area (Å²) in [6.07, 6.45) is 0.823. The van der Waals surface area contributed by atoms with Gasteiger partial charge in [-0.2, -0.15) is 0 Å². The maximum absolute atomic E-state index is 11.1. The molecule has 0 aliphatic rings. The van der Waals surface area contributed by atoms with Crippen LogP contribution in [-0.4, -0.2) is 30.5 Å². The Balaban J connectivity index is 2.27. The highest BCUT2D eigenvalue weighted by Crippen LogP contribution is 2.30. The molecule has 6 heteroatoms. The third-order valence-corrected chi connectivity index (χ3v) is 3.02. The highest BCUT2D eigenvalue weighted by molar-refractivity contribution is 6.35. The van der Waals surface area contributed by atoms with E-state index in [9.17, 15) is 4.79 Å². The second-order valence-electron chi connectivity index (χ2n) is 4.26. The number of esters is 1. The van der Waals surface area contributed by atoms with Crippen LogP contribution in [0.25, 0.3) is 10.9 Å². The lowest BCUT2D eigenvalue weighted by Gasteiger charge is -2.19. The fourth-order valence-electron chi connectivity index (χ4n) is 1.84. The molecule has 0 aliphatic heterocycles. The van der Waals surface area contributed by atoms with Crippen LogP contribution >= 0.6 is 11.6 Å². The van der Waals surface area contributed by atoms with Crippen molar-refractivity contribution in [2.75, 3.05) is 13.2 Å². The summed E-state index contributed by atoms with van der Waals surface area (Å²) < 4.78 is 16.1. The Morgan fingerprint density at radius 1 is 1.38 bits per heavy atom. The van der Waals surface area contributed by atoms with Gasteiger partial charge in [0.15, 0.2) is 5.75 Å². The largest absolute Gasteiger partial charge is 0.450 e. The van der Waals surface area contributed by atoms with Gasteiger partial charge in [-0.05, 0) is 31.2 Å². The fourth-order valence-corrected chi connectivity index (χ4v) is 2.06. The quantitative estimate of drug-likeness (QED) is 0.606. The number of nitrogens with zero attached hydrogens (tertiary/aromatic N) is 1. The van der Waals surface area contributed by atoms with Crippen molar-refractivity contribution in [3.8, 4) is 5.75 Å². The van der Waals surface area contributed by atoms with Gasteiger partial charge in [-0.15, -0.1) is 0 Å². The van der Waals surface area contributed by atoms with E-state index in [4.69, 9.17) is 25.8 Å². The first-order valence-electron chi connectivity index (χ1n) is 6.56. The molecule has 0 N–H and O–H groups in total. The van der Waals surface area contributed by atoms with Gasteiger partial charge in [-0.3, -0.25) is 9.78 Å². The minimum absolute atomic E-state index is 0.146. The average Bonchev–Trinajstić information content (AvgIpc) is 2.47. The molecule has 0 aliphatic carbocycles. The summed E-state index contributed by atoms with van der Waals surface area (Å²) in [4.78, 5) is 15.4. The number of fused-ring (bicyclic) bond motifs is 1. The maximum atomic E-state index is 11.1. The molecular weight excluding hydrogens is 294 g/mol. The van der Waals surface area contributed by atoms with Gasteiger partial charge in [-0.1, -0.05) is 11.6 Å². The number of halogens is 1. The first kappa shape index (κ1) is 15.5. The predicted molar refractivity (Wildman–Crippen MR) is 79.4 cm³/mol. The maximum Gasteiger partial charge on any atom is 0.305 e. The second kappa shape index (κ2) is 7.24. The average molecular weight is 310 g/mol. The standard InChI is InChI=1S/C15H16ClNO4/c1-3-19-9-14(20-10(2)18)21-13-7-6-12(16)11-5-4-8-17-15(11)13/h4-8,14H,3,9H2,1-2H3. The Morgan fingerprint density at radius 3 is 2.90 bits per heavy atom. The molecule has 0 saturated carbocycles. The van der Waals surface area contributed by atoms with Crippen LogP contribution < -0.4 is 4.74 Å². The van der Waals surface area contributed by atoms with Crippen molar-refractivity contribution in [2.45, 2.75) is 20.1 Å². The zero-order valence-corrected chi connectivity index (χ0v) is 12.6. The van der Waals surface area contributed by atoms with Crippen LogP contribution in [0.15, 0.2) is 30.5 Å². The number of hydrogen-bond acceptors (Lipinski definition) is 5. The Morgan fingerprint density at radius 2 is 2.19 bits per heavy atom. The summed E-state index contributed by atoms with van der Waals surface area (Å²) in [6, 6.07) is 7.05. The van der Waals surface area contributed by atoms with Crippen LogP contribution in [0, 0.1) is 0 Å². The zero-order chi connectivity index (χ0) is 15.2. The summed E-state index contributed by atoms with van der Waals surface area (Å²) in [5.74, 6) is 0.0480. The van der Waals surface area contributed by atoms with Crippen LogP contribution in [0.5, 0.6) is 5.75 Å². The predicted octanol–water partition coefficient (Wildman–Crippen LogP) is 3.19. The minimum atomic E-state index is -0.825. The van der Waals surface area contributed by atoms with Gasteiger partial charge in [0.1, 0.15) is 12.1 Å². The summed E-state index contributed by atoms with van der Waals surface area (Å²) >= 11 is 6.13. The summed E-state index contributed by atoms with van der Waals surface area (Å²) in [7, 11) is 0. The van der Waals surface area contributed by atoms with E-state index in [2.05, 4.69) is 4.98 Å². The van der Waals surface area contributed by atoms with Gasteiger partial charge in [0.25, 0.3) is 6.29 Å². The highest BCUT2D eigenvalue weighted by atomic mass is 35.5. The van der Waals surface area contributed by atoms with E-state index in [1.165, 1.54) is 6.92 Å². The van der Waals surface area contributed by atoms with Gasteiger partial charge in [-0.25, -0.2) is 0 Å². The molecule has 0 bridgehead atoms. The highest BCUT2D eigenvalue weighted by Gasteiger charge is 2.16. The molecule has 0 fully saturated rings. The van der Waals surface area contributed by atoms with Gasteiger partial charge < -0.3 is 14.2 Å². The lowest BCUT2D eigenvalue weighted by atomic mass is 10.2. The Bertz CT molecular complexity index is 632. The van der Waals surface area contributed by atoms with E-state index in [-0.39, 0.29) is 6.61 Å². The van der Waals surface area contributed by atoms with Gasteiger partial charge >= 0.3 is 5.97 Å². The topological polar surface area (TPSA) is 57.7 Å². The van der Waals surface area contributed by atoms with Gasteiger partial charge in [0, 0.05) is 25.1 Å². The molecule has 21 heavy (non-hydrogen) atoms. The van der Waals surface area contributed by atoms with Crippen molar-refractivity contribution in [1.29, 1.82) is 0 Å². The molecule has 0 radical (unpaired) electrons. The molecule has 112 valence electrons. The number of pyridine rings is 1. The number of carbonyl (C=O) groups excluding carboxylic acids is 1. The monoisotopic (exact) mass is 309 g/mol. The van der Waals surface area contributed by atoms with Crippen LogP contribution in [-0.2, 0) is 14.3 Å². The van der Waals surface area contributed by atoms with Crippen molar-refractivity contribution in [1.82, 2.24) is 4.98 Å². The number of carbonyl (C=O) groups is 1. The lowest BCUT2D eigenvalue weighted by molar-refractivity contribution is -0.168.